The van der Waals surface area contributed by atoms with Crippen molar-refractivity contribution in [1.82, 2.24) is 0 Å². The largest absolute Gasteiger partial charge is 4.00 e. The summed E-state index contributed by atoms with van der Waals surface area (Å²) in [5.41, 5.74) is 17.5. The summed E-state index contributed by atoms with van der Waals surface area (Å²) in [5, 5.41) is 5.78. The summed E-state index contributed by atoms with van der Waals surface area (Å²) in [6, 6.07) is 97.3. The molecule has 0 bridgehead atoms. The van der Waals surface area contributed by atoms with Crippen LogP contribution in [0.15, 0.2) is 255 Å². The summed E-state index contributed by atoms with van der Waals surface area (Å²) in [4.78, 5) is 0. The van der Waals surface area contributed by atoms with Gasteiger partial charge in [0.25, 0.3) is 0 Å². The molecule has 10 rings (SSSR count). The van der Waals surface area contributed by atoms with Crippen LogP contribution in [0.4, 0.5) is 0 Å². The molecule has 1 atom stereocenters. The zero-order valence-corrected chi connectivity index (χ0v) is 47.2. The zero-order valence-electron chi connectivity index (χ0n) is 42.4. The minimum Gasteiger partial charge on any atom is -1.00 e. The molecule has 0 aromatic heterocycles. The van der Waals surface area contributed by atoms with Crippen LogP contribution in [0.1, 0.15) is 98.5 Å². The van der Waals surface area contributed by atoms with Crippen molar-refractivity contribution < 1.29 is 58.9 Å². The number of benzene rings is 9. The summed E-state index contributed by atoms with van der Waals surface area (Å²) in [6.45, 7) is 4.73. The Morgan fingerprint density at radius 3 is 0.770 bits per heavy atom. The smallest absolute Gasteiger partial charge is 1.00 e. The molecule has 0 radical (unpaired) electrons. The van der Waals surface area contributed by atoms with Crippen LogP contribution in [0.5, 0.6) is 0 Å². The van der Waals surface area contributed by atoms with Crippen LogP contribution in [0, 0.1) is 0 Å². The molecule has 0 spiro atoms. The first-order chi connectivity index (χ1) is 34.5. The van der Waals surface area contributed by atoms with Crippen LogP contribution in [0.3, 0.4) is 0 Å². The van der Waals surface area contributed by atoms with E-state index in [0.29, 0.717) is 5.92 Å². The van der Waals surface area contributed by atoms with Gasteiger partial charge in [0.1, 0.15) is 8.07 Å². The van der Waals surface area contributed by atoms with Crippen LogP contribution in [-0.2, 0) is 60.2 Å². The minimum atomic E-state index is -3.23. The second-order valence-corrected chi connectivity index (χ2v) is 23.4. The van der Waals surface area contributed by atoms with Crippen molar-refractivity contribution in [3.63, 3.8) is 0 Å². The molecule has 0 aliphatic heterocycles. The SMILES string of the molecule is CCC(C)c1cc[c-]([Si](c2cc(Cc3ccccc3)cc(Cc3ccccc3)c2)(c2cc(Cc3ccccc3)cc(Cc3ccccc3)c2)c2cc(Cc3ccccc3)cc(Cc3ccccc3)c2)c1.[Cl-].[Cl-].[Cl-].[Ti+4]. The number of hydrogen-bond donors (Lipinski definition) is 0. The molecule has 10 aromatic carbocycles. The molecule has 10 aromatic rings. The van der Waals surface area contributed by atoms with E-state index in [-0.39, 0.29) is 58.9 Å². The Kier molecular flexibility index (Phi) is 21.4. The fourth-order valence-corrected chi connectivity index (χ4v) is 15.9. The molecule has 74 heavy (non-hydrogen) atoms. The normalized spacial score (nSPS) is 11.3. The fraction of sp³-hybridized carbons (Fsp3) is 0.145. The van der Waals surface area contributed by atoms with Gasteiger partial charge in [-0.2, -0.15) is 17.7 Å². The van der Waals surface area contributed by atoms with Crippen LogP contribution >= 0.6 is 0 Å². The summed E-state index contributed by atoms with van der Waals surface area (Å²) in [7, 11) is -3.23. The van der Waals surface area contributed by atoms with Gasteiger partial charge in [0.2, 0.25) is 0 Å². The molecule has 0 amide bonds. The van der Waals surface area contributed by atoms with Gasteiger partial charge in [0, 0.05) is 0 Å². The monoisotopic (exact) mass is 1070 g/mol. The van der Waals surface area contributed by atoms with E-state index in [1.165, 1.54) is 93.1 Å². The number of hydrogen-bond acceptors (Lipinski definition) is 0. The fourth-order valence-electron chi connectivity index (χ4n) is 10.8. The summed E-state index contributed by atoms with van der Waals surface area (Å²) in [6.07, 6.45) is 6.26. The van der Waals surface area contributed by atoms with E-state index in [1.807, 2.05) is 0 Å². The summed E-state index contributed by atoms with van der Waals surface area (Å²) >= 11 is 0. The first-order valence-electron chi connectivity index (χ1n) is 25.4. The van der Waals surface area contributed by atoms with Crippen molar-refractivity contribution in [2.75, 3.05) is 0 Å². The van der Waals surface area contributed by atoms with Crippen LogP contribution in [0.25, 0.3) is 0 Å². The molecule has 0 heterocycles. The zero-order chi connectivity index (χ0) is 47.5. The Labute approximate surface area is 475 Å². The van der Waals surface area contributed by atoms with Gasteiger partial charge in [-0.15, -0.1) is 5.19 Å². The van der Waals surface area contributed by atoms with Crippen molar-refractivity contribution >= 4 is 28.8 Å². The molecule has 368 valence electrons. The first-order valence-corrected chi connectivity index (χ1v) is 27.4. The molecule has 1 unspecified atom stereocenters. The number of halogens is 3. The van der Waals surface area contributed by atoms with E-state index in [4.69, 9.17) is 0 Å². The Balaban J connectivity index is 0.00000223. The van der Waals surface area contributed by atoms with Crippen molar-refractivity contribution in [3.05, 3.63) is 327 Å². The Morgan fingerprint density at radius 2 is 0.554 bits per heavy atom. The second kappa shape index (κ2) is 27.6. The molecule has 0 aliphatic carbocycles. The Morgan fingerprint density at radius 1 is 0.324 bits per heavy atom. The third-order valence-electron chi connectivity index (χ3n) is 14.4. The van der Waals surface area contributed by atoms with Gasteiger partial charge < -0.3 is 37.2 Å². The molecule has 0 fully saturated rings. The van der Waals surface area contributed by atoms with Gasteiger partial charge in [0.15, 0.2) is 0 Å². The molecular weight excluding hydrogens is 1010 g/mol. The van der Waals surface area contributed by atoms with Gasteiger partial charge in [-0.1, -0.05) is 278 Å². The Bertz CT molecular complexity index is 2760. The standard InChI is InChI=1S/C69H63Si.3ClH.Ti/c1-3-52(2)65-34-35-66(51-65)70(67-45-59(36-53-22-10-4-11-23-53)42-60(46-67)37-54-24-12-5-13-25-54,68-47-61(38-55-26-14-6-15-27-55)43-62(48-68)39-56-28-16-7-17-29-56)69-49-63(40-57-30-18-8-19-31-57)44-64(50-69)41-58-32-20-9-21-33-58;;;;/h4-35,42-52H,3,36-41H2,1-2H3;3*1H;/q-1;;;;+4/p-3. The predicted molar refractivity (Wildman–Crippen MR) is 300 cm³/mol. The molecule has 0 saturated carbocycles. The molecule has 0 aliphatic rings. The average Bonchev–Trinajstić information content (AvgIpc) is 3.89. The molecule has 0 saturated heterocycles. The van der Waals surface area contributed by atoms with E-state index < -0.39 is 8.07 Å². The van der Waals surface area contributed by atoms with E-state index in [9.17, 15) is 0 Å². The average molecular weight is 1070 g/mol. The maximum Gasteiger partial charge on any atom is 4.00 e. The van der Waals surface area contributed by atoms with Crippen LogP contribution < -0.4 is 58.0 Å². The summed E-state index contributed by atoms with van der Waals surface area (Å²) in [5.74, 6) is 0.439. The third-order valence-corrected chi connectivity index (χ3v) is 19.0. The van der Waals surface area contributed by atoms with Gasteiger partial charge in [-0.25, -0.2) is 6.07 Å². The van der Waals surface area contributed by atoms with Gasteiger partial charge in [-0.05, 0) is 105 Å². The van der Waals surface area contributed by atoms with E-state index >= 15 is 0 Å². The maximum absolute atomic E-state index is 3.23. The maximum atomic E-state index is 2.63. The quantitative estimate of drug-likeness (QED) is 0.0657. The van der Waals surface area contributed by atoms with E-state index in [1.54, 1.807) is 0 Å². The van der Waals surface area contributed by atoms with Gasteiger partial charge >= 0.3 is 21.7 Å². The van der Waals surface area contributed by atoms with Gasteiger partial charge in [-0.3, -0.25) is 0 Å². The second-order valence-electron chi connectivity index (χ2n) is 19.6. The molecule has 5 heteroatoms. The summed E-state index contributed by atoms with van der Waals surface area (Å²) < 4.78 is 0. The van der Waals surface area contributed by atoms with Crippen molar-refractivity contribution in [3.8, 4) is 0 Å². The molecular formula is C69H63Cl3SiTi. The molecule has 0 nitrogen and oxygen atoms in total. The van der Waals surface area contributed by atoms with Gasteiger partial charge in [0.05, 0.1) is 0 Å². The first kappa shape index (κ1) is 57.4. The van der Waals surface area contributed by atoms with Crippen molar-refractivity contribution in [2.24, 2.45) is 0 Å². The predicted octanol–water partition coefficient (Wildman–Crippen LogP) is 4.85. The third kappa shape index (κ3) is 14.1. The van der Waals surface area contributed by atoms with Crippen molar-refractivity contribution in [2.45, 2.75) is 64.7 Å². The molecule has 0 N–H and O–H groups in total. The van der Waals surface area contributed by atoms with E-state index in [2.05, 4.69) is 269 Å². The van der Waals surface area contributed by atoms with E-state index in [0.717, 1.165) is 44.9 Å². The van der Waals surface area contributed by atoms with Crippen LogP contribution in [0.2, 0.25) is 0 Å². The minimum absolute atomic E-state index is 0. The number of rotatable bonds is 18. The topological polar surface area (TPSA) is 0 Å². The van der Waals surface area contributed by atoms with Crippen LogP contribution in [-0.4, -0.2) is 8.07 Å². The van der Waals surface area contributed by atoms with Crippen molar-refractivity contribution in [1.29, 1.82) is 0 Å². The Hall–Kier alpha value is -5.87.